The van der Waals surface area contributed by atoms with E-state index < -0.39 is 0 Å². The summed E-state index contributed by atoms with van der Waals surface area (Å²) >= 11 is 0. The first-order valence-electron chi connectivity index (χ1n) is 4.10. The van der Waals surface area contributed by atoms with Crippen molar-refractivity contribution in [1.29, 1.82) is 0 Å². The molecule has 5 heteroatoms. The molecule has 0 amide bonds. The molecule has 0 bridgehead atoms. The molecule has 0 fully saturated rings. The Labute approximate surface area is 124 Å². The van der Waals surface area contributed by atoms with Crippen LogP contribution in [0, 0.1) is 0 Å². The Morgan fingerprint density at radius 1 is 1.27 bits per heavy atom. The zero-order chi connectivity index (χ0) is 8.55. The monoisotopic (exact) mass is 333 g/mol. The molecule has 0 saturated carbocycles. The van der Waals surface area contributed by atoms with Gasteiger partial charge in [-0.3, -0.25) is 0 Å². The fourth-order valence-corrected chi connectivity index (χ4v) is 2.09. The third-order valence-corrected chi connectivity index (χ3v) is 2.69. The van der Waals surface area contributed by atoms with E-state index in [2.05, 4.69) is 42.0 Å². The van der Waals surface area contributed by atoms with Crippen molar-refractivity contribution in [2.24, 2.45) is 4.99 Å². The first kappa shape index (κ1) is 17.8. The van der Waals surface area contributed by atoms with E-state index in [0.717, 1.165) is 11.4 Å². The Balaban J connectivity index is 0. The molecule has 1 nitrogen and oxygen atoms in total. The maximum absolute atomic E-state index is 4.48. The molecule has 0 aromatic carbocycles. The van der Waals surface area contributed by atoms with Gasteiger partial charge in [-0.2, -0.15) is 0 Å². The van der Waals surface area contributed by atoms with Gasteiger partial charge in [-0.25, -0.2) is 4.99 Å². The number of rotatable bonds is 1. The van der Waals surface area contributed by atoms with Gasteiger partial charge in [-0.15, -0.1) is 0 Å². The van der Waals surface area contributed by atoms with Gasteiger partial charge in [0.2, 0.25) is 0 Å². The van der Waals surface area contributed by atoms with Gasteiger partial charge in [0.25, 0.3) is 0 Å². The summed E-state index contributed by atoms with van der Waals surface area (Å²) in [4.78, 5) is 4.48. The molecule has 0 aromatic rings. The van der Waals surface area contributed by atoms with Crippen LogP contribution in [0.1, 0.15) is 0 Å². The largest absolute Gasteiger partial charge is 2.00 e. The molecule has 1 heterocycles. The van der Waals surface area contributed by atoms with E-state index in [4.69, 9.17) is 0 Å². The van der Waals surface area contributed by atoms with Crippen LogP contribution in [0.25, 0.3) is 0 Å². The van der Waals surface area contributed by atoms with Gasteiger partial charge in [-0.1, -0.05) is 30.9 Å². The molecular weight excluding hydrogens is 324 g/mol. The van der Waals surface area contributed by atoms with Crippen molar-refractivity contribution in [3.63, 3.8) is 0 Å². The van der Waals surface area contributed by atoms with Gasteiger partial charge >= 0.3 is 26.2 Å². The predicted molar refractivity (Wildman–Crippen MR) is 56.3 cm³/mol. The molecule has 0 aromatic heterocycles. The Bertz CT molecular complexity index is 377. The minimum atomic E-state index is -0.300. The van der Waals surface area contributed by atoms with E-state index in [-0.39, 0.29) is 59.4 Å². The minimum Gasteiger partial charge on any atom is -1.00 e. The van der Waals surface area contributed by atoms with Crippen LogP contribution in [0.4, 0.5) is 0 Å². The number of allylic oxidation sites excluding steroid dienone is 4. The van der Waals surface area contributed by atoms with E-state index in [9.17, 15) is 0 Å². The molecule has 2 aliphatic rings. The van der Waals surface area contributed by atoms with Crippen molar-refractivity contribution < 1.29 is 51.0 Å². The molecule has 0 saturated heterocycles. The first-order valence-corrected chi connectivity index (χ1v) is 6.67. The van der Waals surface area contributed by atoms with Crippen LogP contribution in [-0.4, -0.2) is 19.8 Å². The Morgan fingerprint density at radius 2 is 1.93 bits per heavy atom. The molecule has 78 valence electrons. The molecule has 15 heavy (non-hydrogen) atoms. The number of aliphatic imine (C=N–C) groups is 1. The van der Waals surface area contributed by atoms with Crippen LogP contribution >= 0.6 is 0 Å². The smallest absolute Gasteiger partial charge is 1.00 e. The second kappa shape index (κ2) is 7.67. The van der Waals surface area contributed by atoms with Crippen molar-refractivity contribution in [2.75, 3.05) is 0 Å². The van der Waals surface area contributed by atoms with Gasteiger partial charge < -0.3 is 24.8 Å². The van der Waals surface area contributed by atoms with Gasteiger partial charge in [0.05, 0.1) is 11.4 Å². The summed E-state index contributed by atoms with van der Waals surface area (Å²) in [6.45, 7) is 4.54. The molecule has 0 unspecified atom stereocenters. The Hall–Kier alpha value is 0.440. The van der Waals surface area contributed by atoms with Crippen molar-refractivity contribution in [1.82, 2.24) is 0 Å². The van der Waals surface area contributed by atoms with E-state index in [1.807, 2.05) is 6.08 Å². The number of hydrogen-bond acceptors (Lipinski definition) is 1. The standard InChI is InChI=1S/C10H11NSi.2ClH.Zr/c1-12(2)7-9-6-8-4-3-5-10(8)11-9;;;/h3-7H,1-2H3;2*1H;/q;;;+2/p-2. The molecule has 1 aliphatic carbocycles. The Morgan fingerprint density at radius 3 is 2.47 bits per heavy atom. The summed E-state index contributed by atoms with van der Waals surface area (Å²) in [5, 5.41) is 0. The number of fused-ring (bicyclic) bond motifs is 1. The SMILES string of the molecule is C[Si](C)=CC1=NC2=CC=CC2=C1.[Cl-].[Cl-].[Zr+2]. The van der Waals surface area contributed by atoms with Gasteiger partial charge in [0.1, 0.15) is 0 Å². The predicted octanol–water partition coefficient (Wildman–Crippen LogP) is -4.04. The molecule has 0 spiro atoms. The average Bonchev–Trinajstić information content (AvgIpc) is 2.43. The van der Waals surface area contributed by atoms with E-state index in [1.165, 1.54) is 5.57 Å². The van der Waals surface area contributed by atoms with Crippen molar-refractivity contribution in [3.05, 3.63) is 35.6 Å². The first-order chi connectivity index (χ1) is 5.75. The van der Waals surface area contributed by atoms with E-state index >= 15 is 0 Å². The molecular formula is C10H11Cl2NSiZr. The van der Waals surface area contributed by atoms with Gasteiger partial charge in [0, 0.05) is 14.0 Å². The fourth-order valence-electron chi connectivity index (χ4n) is 1.35. The summed E-state index contributed by atoms with van der Waals surface area (Å²) in [5.41, 5.74) is 5.83. The summed E-state index contributed by atoms with van der Waals surface area (Å²) in [6.07, 6.45) is 8.38. The van der Waals surface area contributed by atoms with Crippen LogP contribution in [0.5, 0.6) is 0 Å². The maximum atomic E-state index is 4.48. The van der Waals surface area contributed by atoms with Crippen molar-refractivity contribution in [2.45, 2.75) is 13.1 Å². The minimum absolute atomic E-state index is 0. The topological polar surface area (TPSA) is 12.4 Å². The van der Waals surface area contributed by atoms with Crippen LogP contribution in [0.15, 0.2) is 40.6 Å². The van der Waals surface area contributed by atoms with Crippen LogP contribution in [0.2, 0.25) is 13.1 Å². The van der Waals surface area contributed by atoms with Crippen LogP contribution in [-0.2, 0) is 26.2 Å². The summed E-state index contributed by atoms with van der Waals surface area (Å²) in [7, 11) is -0.300. The summed E-state index contributed by atoms with van der Waals surface area (Å²) in [6, 6.07) is 0. The summed E-state index contributed by atoms with van der Waals surface area (Å²) < 4.78 is 0. The number of hydrogen-bond donors (Lipinski definition) is 0. The Kier molecular flexibility index (Phi) is 9.11. The third-order valence-electron chi connectivity index (χ3n) is 1.82. The van der Waals surface area contributed by atoms with Gasteiger partial charge in [-0.05, 0) is 12.2 Å². The quantitative estimate of drug-likeness (QED) is 0.433. The second-order valence-electron chi connectivity index (χ2n) is 3.27. The fraction of sp³-hybridized carbons (Fsp3) is 0.200. The van der Waals surface area contributed by atoms with E-state index in [0.29, 0.717) is 0 Å². The van der Waals surface area contributed by atoms with E-state index in [1.54, 1.807) is 0 Å². The molecule has 0 radical (unpaired) electrons. The molecule has 0 atom stereocenters. The average molecular weight is 335 g/mol. The molecule has 2 rings (SSSR count). The van der Waals surface area contributed by atoms with Crippen molar-refractivity contribution >= 4 is 19.8 Å². The molecule has 0 N–H and O–H groups in total. The number of halogens is 2. The number of nitrogens with zero attached hydrogens (tertiary/aromatic N) is 1. The normalized spacial score (nSPS) is 14.7. The van der Waals surface area contributed by atoms with Crippen LogP contribution in [0.3, 0.4) is 0 Å². The zero-order valence-corrected chi connectivity index (χ0v) is 13.6. The second-order valence-corrected chi connectivity index (χ2v) is 5.71. The zero-order valence-electron chi connectivity index (χ0n) is 8.59. The van der Waals surface area contributed by atoms with Crippen LogP contribution < -0.4 is 24.8 Å². The summed E-state index contributed by atoms with van der Waals surface area (Å²) in [5.74, 6) is 0. The molecule has 1 aliphatic heterocycles. The van der Waals surface area contributed by atoms with Crippen molar-refractivity contribution in [3.8, 4) is 0 Å². The maximum Gasteiger partial charge on any atom is 2.00 e. The third kappa shape index (κ3) is 4.44. The van der Waals surface area contributed by atoms with Gasteiger partial charge in [0.15, 0.2) is 0 Å².